The van der Waals surface area contributed by atoms with Crippen molar-refractivity contribution in [2.45, 2.75) is 38.6 Å². The first-order chi connectivity index (χ1) is 13.0. The topological polar surface area (TPSA) is 82.2 Å². The van der Waals surface area contributed by atoms with Crippen LogP contribution in [-0.2, 0) is 0 Å². The third kappa shape index (κ3) is 3.73. The van der Waals surface area contributed by atoms with Gasteiger partial charge in [-0.25, -0.2) is 4.98 Å². The van der Waals surface area contributed by atoms with Crippen LogP contribution in [0.2, 0.25) is 0 Å². The SMILES string of the molecule is CC(C)c1ccc2c(c1)NC(=O)c1cnc(NC3CCN(C)CC3)nc1N2. The molecule has 0 radical (unpaired) electrons. The van der Waals surface area contributed by atoms with E-state index in [0.29, 0.717) is 29.3 Å². The summed E-state index contributed by atoms with van der Waals surface area (Å²) in [4.78, 5) is 23.9. The van der Waals surface area contributed by atoms with Crippen LogP contribution in [-0.4, -0.2) is 47.0 Å². The summed E-state index contributed by atoms with van der Waals surface area (Å²) in [5, 5.41) is 9.69. The molecule has 142 valence electrons. The van der Waals surface area contributed by atoms with Gasteiger partial charge in [0.25, 0.3) is 5.91 Å². The molecular formula is C20H26N6O. The van der Waals surface area contributed by atoms with E-state index in [1.165, 1.54) is 5.56 Å². The Hall–Kier alpha value is -2.67. The standard InChI is InChI=1S/C20H26N6O/c1-12(2)13-4-5-16-17(10-13)24-19(27)15-11-21-20(25-18(15)23-16)22-14-6-8-26(3)9-7-14/h4-5,10-12,14H,6-9H2,1-3H3,(H,24,27)(H2,21,22,23,25). The first-order valence-electron chi connectivity index (χ1n) is 9.54. The summed E-state index contributed by atoms with van der Waals surface area (Å²) in [5.41, 5.74) is 3.24. The molecule has 2 aliphatic heterocycles. The molecule has 3 heterocycles. The van der Waals surface area contributed by atoms with E-state index in [-0.39, 0.29) is 5.91 Å². The molecule has 7 nitrogen and oxygen atoms in total. The molecule has 0 saturated carbocycles. The first-order valence-corrected chi connectivity index (χ1v) is 9.54. The molecule has 0 atom stereocenters. The van der Waals surface area contributed by atoms with E-state index >= 15 is 0 Å². The third-order valence-corrected chi connectivity index (χ3v) is 5.30. The van der Waals surface area contributed by atoms with Crippen molar-refractivity contribution in [3.63, 3.8) is 0 Å². The molecule has 3 N–H and O–H groups in total. The number of piperidine rings is 1. The number of carbonyl (C=O) groups excluding carboxylic acids is 1. The number of rotatable bonds is 3. The lowest BCUT2D eigenvalue weighted by atomic mass is 10.0. The summed E-state index contributed by atoms with van der Waals surface area (Å²) in [6, 6.07) is 6.44. The normalized spacial score (nSPS) is 17.6. The molecule has 27 heavy (non-hydrogen) atoms. The molecule has 2 aromatic rings. The minimum atomic E-state index is -0.192. The number of benzene rings is 1. The van der Waals surface area contributed by atoms with Gasteiger partial charge in [-0.3, -0.25) is 4.79 Å². The first kappa shape index (κ1) is 17.7. The predicted molar refractivity (Wildman–Crippen MR) is 108 cm³/mol. The van der Waals surface area contributed by atoms with E-state index in [4.69, 9.17) is 0 Å². The number of anilines is 4. The molecule has 1 fully saturated rings. The number of nitrogens with one attached hydrogen (secondary N) is 3. The van der Waals surface area contributed by atoms with E-state index in [2.05, 4.69) is 57.8 Å². The highest BCUT2D eigenvalue weighted by Gasteiger charge is 2.23. The predicted octanol–water partition coefficient (Wildman–Crippen LogP) is 3.42. The maximum atomic E-state index is 12.6. The summed E-state index contributed by atoms with van der Waals surface area (Å²) in [6.07, 6.45) is 3.72. The van der Waals surface area contributed by atoms with Crippen molar-refractivity contribution < 1.29 is 4.79 Å². The van der Waals surface area contributed by atoms with Gasteiger partial charge in [-0.15, -0.1) is 0 Å². The summed E-state index contributed by atoms with van der Waals surface area (Å²) in [5.74, 6) is 1.30. The Morgan fingerprint density at radius 1 is 1.19 bits per heavy atom. The van der Waals surface area contributed by atoms with Crippen LogP contribution < -0.4 is 16.0 Å². The molecule has 1 amide bonds. The largest absolute Gasteiger partial charge is 0.351 e. The summed E-state index contributed by atoms with van der Waals surface area (Å²) >= 11 is 0. The van der Waals surface area contributed by atoms with Gasteiger partial charge in [-0.1, -0.05) is 19.9 Å². The van der Waals surface area contributed by atoms with E-state index in [0.717, 1.165) is 37.3 Å². The van der Waals surface area contributed by atoms with Crippen LogP contribution in [0.3, 0.4) is 0 Å². The molecule has 0 aliphatic carbocycles. The molecule has 1 aromatic carbocycles. The summed E-state index contributed by atoms with van der Waals surface area (Å²) in [6.45, 7) is 6.40. The minimum Gasteiger partial charge on any atom is -0.351 e. The van der Waals surface area contributed by atoms with Crippen molar-refractivity contribution in [2.24, 2.45) is 0 Å². The number of nitrogens with zero attached hydrogens (tertiary/aromatic N) is 3. The Balaban J connectivity index is 1.59. The average molecular weight is 366 g/mol. The Morgan fingerprint density at radius 2 is 1.96 bits per heavy atom. The molecule has 0 spiro atoms. The van der Waals surface area contributed by atoms with Crippen molar-refractivity contribution in [1.29, 1.82) is 0 Å². The van der Waals surface area contributed by atoms with Crippen molar-refractivity contribution >= 4 is 29.0 Å². The fourth-order valence-corrected chi connectivity index (χ4v) is 3.50. The van der Waals surface area contributed by atoms with Gasteiger partial charge >= 0.3 is 0 Å². The Bertz CT molecular complexity index is 858. The number of likely N-dealkylation sites (tertiary alicyclic amines) is 1. The van der Waals surface area contributed by atoms with Crippen LogP contribution in [0.1, 0.15) is 48.5 Å². The lowest BCUT2D eigenvalue weighted by Gasteiger charge is -2.29. The highest BCUT2D eigenvalue weighted by Crippen LogP contribution is 2.33. The second-order valence-corrected chi connectivity index (χ2v) is 7.72. The fourth-order valence-electron chi connectivity index (χ4n) is 3.50. The maximum absolute atomic E-state index is 12.6. The molecule has 0 bridgehead atoms. The lowest BCUT2D eigenvalue weighted by Crippen LogP contribution is -2.37. The second kappa shape index (κ2) is 7.15. The molecule has 0 unspecified atom stereocenters. The maximum Gasteiger partial charge on any atom is 0.261 e. The lowest BCUT2D eigenvalue weighted by molar-refractivity contribution is 0.102. The quantitative estimate of drug-likeness (QED) is 0.772. The Morgan fingerprint density at radius 3 is 2.70 bits per heavy atom. The van der Waals surface area contributed by atoms with Crippen LogP contribution in [0.15, 0.2) is 24.4 Å². The van der Waals surface area contributed by atoms with Crippen LogP contribution in [0, 0.1) is 0 Å². The van der Waals surface area contributed by atoms with Crippen molar-refractivity contribution in [3.8, 4) is 0 Å². The van der Waals surface area contributed by atoms with Crippen molar-refractivity contribution in [3.05, 3.63) is 35.5 Å². The van der Waals surface area contributed by atoms with Gasteiger partial charge in [0.05, 0.1) is 11.4 Å². The monoisotopic (exact) mass is 366 g/mol. The van der Waals surface area contributed by atoms with Crippen LogP contribution >= 0.6 is 0 Å². The fraction of sp³-hybridized carbons (Fsp3) is 0.450. The highest BCUT2D eigenvalue weighted by molar-refractivity contribution is 6.11. The Kier molecular flexibility index (Phi) is 4.70. The molecule has 1 saturated heterocycles. The summed E-state index contributed by atoms with van der Waals surface area (Å²) < 4.78 is 0. The molecule has 1 aromatic heterocycles. The smallest absolute Gasteiger partial charge is 0.261 e. The number of aromatic nitrogens is 2. The number of hydrogen-bond donors (Lipinski definition) is 3. The second-order valence-electron chi connectivity index (χ2n) is 7.72. The zero-order valence-corrected chi connectivity index (χ0v) is 16.0. The van der Waals surface area contributed by atoms with Gasteiger partial charge < -0.3 is 20.9 Å². The molecular weight excluding hydrogens is 340 g/mol. The van der Waals surface area contributed by atoms with E-state index in [9.17, 15) is 4.79 Å². The Labute approximate surface area is 159 Å². The van der Waals surface area contributed by atoms with Crippen molar-refractivity contribution in [2.75, 3.05) is 36.1 Å². The van der Waals surface area contributed by atoms with Crippen LogP contribution in [0.4, 0.5) is 23.1 Å². The number of amides is 1. The highest BCUT2D eigenvalue weighted by atomic mass is 16.1. The van der Waals surface area contributed by atoms with E-state index in [1.807, 2.05) is 12.1 Å². The van der Waals surface area contributed by atoms with Gasteiger partial charge in [0.15, 0.2) is 0 Å². The zero-order chi connectivity index (χ0) is 19.0. The van der Waals surface area contributed by atoms with Crippen LogP contribution in [0.5, 0.6) is 0 Å². The van der Waals surface area contributed by atoms with Gasteiger partial charge in [-0.05, 0) is 56.6 Å². The number of hydrogen-bond acceptors (Lipinski definition) is 6. The molecule has 4 rings (SSSR count). The van der Waals surface area contributed by atoms with E-state index < -0.39 is 0 Å². The van der Waals surface area contributed by atoms with Gasteiger partial charge in [0.1, 0.15) is 11.4 Å². The third-order valence-electron chi connectivity index (χ3n) is 5.30. The van der Waals surface area contributed by atoms with E-state index in [1.54, 1.807) is 6.20 Å². The minimum absolute atomic E-state index is 0.192. The number of fused-ring (bicyclic) bond motifs is 2. The van der Waals surface area contributed by atoms with Gasteiger partial charge in [0, 0.05) is 12.2 Å². The summed E-state index contributed by atoms with van der Waals surface area (Å²) in [7, 11) is 2.14. The average Bonchev–Trinajstić information content (AvgIpc) is 2.78. The van der Waals surface area contributed by atoms with Gasteiger partial charge in [0.2, 0.25) is 5.95 Å². The zero-order valence-electron chi connectivity index (χ0n) is 16.0. The number of carbonyl (C=O) groups is 1. The molecule has 7 heteroatoms. The van der Waals surface area contributed by atoms with Gasteiger partial charge in [-0.2, -0.15) is 4.98 Å². The van der Waals surface area contributed by atoms with Crippen molar-refractivity contribution in [1.82, 2.24) is 14.9 Å². The molecule has 2 aliphatic rings. The van der Waals surface area contributed by atoms with Crippen LogP contribution in [0.25, 0.3) is 0 Å².